The largest absolute Gasteiger partial charge is 0.480 e. The minimum absolute atomic E-state index is 0.0817. The van der Waals surface area contributed by atoms with Crippen molar-refractivity contribution in [2.45, 2.75) is 189 Å². The average Bonchev–Trinajstić information content (AvgIpc) is 2.29. The third kappa shape index (κ3) is 27.3. The Kier molecular flexibility index (Phi) is 31.6. The molecule has 0 aliphatic carbocycles. The molecule has 3 aromatic carbocycles. The molecule has 0 spiro atoms. The van der Waals surface area contributed by atoms with Crippen LogP contribution in [0.5, 0.6) is 0 Å². The maximum Gasteiger partial charge on any atom is 0.411 e. The molecule has 5 heterocycles. The second-order valence-electron chi connectivity index (χ2n) is 24.4. The molecule has 0 saturated carbocycles. The molecule has 4 aliphatic rings. The van der Waals surface area contributed by atoms with Crippen molar-refractivity contribution < 1.29 is 58.4 Å². The van der Waals surface area contributed by atoms with Crippen LogP contribution in [0.2, 0.25) is 0 Å². The monoisotopic (exact) mass is 1190 g/mol. The van der Waals surface area contributed by atoms with Gasteiger partial charge in [0.15, 0.2) is 0 Å². The van der Waals surface area contributed by atoms with Gasteiger partial charge in [0.05, 0.1) is 23.5 Å². The third-order valence-electron chi connectivity index (χ3n) is 15.3. The first-order valence-electron chi connectivity index (χ1n) is 30.5. The number of primary amides is 1. The van der Waals surface area contributed by atoms with Crippen LogP contribution in [-0.4, -0.2) is 121 Å². The van der Waals surface area contributed by atoms with Gasteiger partial charge in [-0.15, -0.1) is 0 Å². The predicted octanol–water partition coefficient (Wildman–Crippen LogP) is 12.5. The summed E-state index contributed by atoms with van der Waals surface area (Å²) in [6.07, 6.45) is 14.3. The number of amides is 4. The van der Waals surface area contributed by atoms with Crippen molar-refractivity contribution in [3.8, 4) is 0 Å². The van der Waals surface area contributed by atoms with E-state index in [2.05, 4.69) is 105 Å². The number of pyridine rings is 1. The second kappa shape index (κ2) is 37.2. The highest BCUT2D eigenvalue weighted by Gasteiger charge is 2.38. The van der Waals surface area contributed by atoms with Crippen LogP contribution < -0.4 is 21.7 Å². The van der Waals surface area contributed by atoms with E-state index in [0.717, 1.165) is 64.0 Å². The fourth-order valence-corrected chi connectivity index (χ4v) is 10.2. The zero-order valence-corrected chi connectivity index (χ0v) is 52.8. The number of ether oxygens (including phenoxy) is 2. The van der Waals surface area contributed by atoms with E-state index in [4.69, 9.17) is 30.5 Å². The van der Waals surface area contributed by atoms with Gasteiger partial charge in [-0.3, -0.25) is 24.3 Å². The number of nitrogens with zero attached hydrogens (tertiary/aromatic N) is 3. The molecule has 4 saturated heterocycles. The number of nitrogens with one attached hydrogen (secondary N) is 3. The van der Waals surface area contributed by atoms with Gasteiger partial charge in [0.1, 0.15) is 23.3 Å². The quantitative estimate of drug-likeness (QED) is 0.0727. The molecule has 4 fully saturated rings. The first-order chi connectivity index (χ1) is 40.7. The second-order valence-corrected chi connectivity index (χ2v) is 24.4. The molecule has 8 N–H and O–H groups in total. The zero-order chi connectivity index (χ0) is 64.0. The Morgan fingerprint density at radius 2 is 1.05 bits per heavy atom. The van der Waals surface area contributed by atoms with E-state index in [-0.39, 0.29) is 29.4 Å². The lowest BCUT2D eigenvalue weighted by Crippen LogP contribution is -2.52. The van der Waals surface area contributed by atoms with E-state index in [1.807, 2.05) is 67.4 Å². The number of hydrogen-bond donors (Lipinski definition) is 7. The van der Waals surface area contributed by atoms with Crippen molar-refractivity contribution >= 4 is 47.6 Å². The topological polar surface area (TPSA) is 280 Å². The minimum Gasteiger partial charge on any atom is -0.480 e. The van der Waals surface area contributed by atoms with Gasteiger partial charge in [0.2, 0.25) is 5.91 Å². The Morgan fingerprint density at radius 1 is 0.581 bits per heavy atom. The van der Waals surface area contributed by atoms with Crippen LogP contribution in [0, 0.1) is 30.6 Å². The lowest BCUT2D eigenvalue weighted by Gasteiger charge is -2.40. The number of benzene rings is 3. The number of rotatable bonds is 10. The van der Waals surface area contributed by atoms with E-state index >= 15 is 0 Å². The van der Waals surface area contributed by atoms with Crippen molar-refractivity contribution in [1.29, 1.82) is 0 Å². The number of likely N-dealkylation sites (tertiary alicyclic amines) is 2. The number of carboxylic acid groups (broad SMARTS) is 3. The number of piperidine rings is 4. The lowest BCUT2D eigenvalue weighted by molar-refractivity contribution is -0.147. The van der Waals surface area contributed by atoms with E-state index in [0.29, 0.717) is 36.8 Å². The summed E-state index contributed by atoms with van der Waals surface area (Å²) in [6.45, 7) is 25.2. The smallest absolute Gasteiger partial charge is 0.411 e. The number of carbonyl (C=O) groups excluding carboxylic acids is 4. The molecule has 4 aromatic rings. The normalized spacial score (nSPS) is 21.7. The predicted molar refractivity (Wildman–Crippen MR) is 335 cm³/mol. The molecule has 474 valence electrons. The fourth-order valence-electron chi connectivity index (χ4n) is 10.2. The third-order valence-corrected chi connectivity index (χ3v) is 15.3. The molecule has 19 nitrogen and oxygen atoms in total. The Morgan fingerprint density at radius 3 is 1.47 bits per heavy atom. The molecule has 4 aliphatic heterocycles. The number of carbonyl (C=O) groups is 7. The van der Waals surface area contributed by atoms with Gasteiger partial charge in [-0.25, -0.2) is 19.2 Å². The molecule has 0 bridgehead atoms. The van der Waals surface area contributed by atoms with Gasteiger partial charge < -0.3 is 51.4 Å². The Bertz CT molecular complexity index is 2670. The van der Waals surface area contributed by atoms with Gasteiger partial charge in [-0.2, -0.15) is 0 Å². The van der Waals surface area contributed by atoms with Crippen molar-refractivity contribution in [2.24, 2.45) is 29.4 Å². The fraction of sp³-hybridized carbons (Fsp3) is 0.552. The number of nitrogens with two attached hydrogens (primary N) is 1. The van der Waals surface area contributed by atoms with Crippen LogP contribution >= 0.6 is 0 Å². The first-order valence-corrected chi connectivity index (χ1v) is 30.5. The van der Waals surface area contributed by atoms with Crippen LogP contribution in [0.25, 0.3) is 0 Å². The van der Waals surface area contributed by atoms with E-state index < -0.39 is 53.1 Å². The summed E-state index contributed by atoms with van der Waals surface area (Å²) in [7, 11) is 0. The van der Waals surface area contributed by atoms with Gasteiger partial charge in [-0.05, 0) is 154 Å². The molecule has 8 unspecified atom stereocenters. The summed E-state index contributed by atoms with van der Waals surface area (Å²) in [5.41, 5.74) is 8.07. The van der Waals surface area contributed by atoms with Crippen molar-refractivity contribution in [3.05, 3.63) is 132 Å². The van der Waals surface area contributed by atoms with E-state index in [1.54, 1.807) is 20.8 Å². The number of aromatic nitrogens is 1. The Labute approximate surface area is 510 Å². The molecule has 1 aromatic heterocycles. The van der Waals surface area contributed by atoms with Crippen LogP contribution in [0.1, 0.15) is 185 Å². The highest BCUT2D eigenvalue weighted by Crippen LogP contribution is 2.36. The number of carboxylic acids is 3. The summed E-state index contributed by atoms with van der Waals surface area (Å²) in [5.74, 6) is -2.67. The number of aliphatic carboxylic acids is 3. The van der Waals surface area contributed by atoms with Crippen molar-refractivity contribution in [2.75, 3.05) is 31.5 Å². The number of aryl methyl sites for hydroxylation is 1. The first kappa shape index (κ1) is 72.9. The molecule has 8 rings (SSSR count). The van der Waals surface area contributed by atoms with Gasteiger partial charge in [0, 0.05) is 25.3 Å². The van der Waals surface area contributed by atoms with Gasteiger partial charge >= 0.3 is 36.0 Å². The van der Waals surface area contributed by atoms with E-state index in [9.17, 15) is 33.6 Å². The van der Waals surface area contributed by atoms with Gasteiger partial charge in [0.25, 0.3) is 0 Å². The minimum atomic E-state index is -1.63. The number of anilines is 1. The van der Waals surface area contributed by atoms with Crippen LogP contribution in [-0.2, 0) is 28.7 Å². The summed E-state index contributed by atoms with van der Waals surface area (Å²) < 4.78 is 10.9. The van der Waals surface area contributed by atoms with E-state index in [1.165, 1.54) is 72.3 Å². The zero-order valence-electron chi connectivity index (χ0n) is 52.8. The molecule has 0 radical (unpaired) electrons. The Balaban J connectivity index is 0.000000277. The Hall–Kier alpha value is -7.38. The summed E-state index contributed by atoms with van der Waals surface area (Å²) in [5, 5.41) is 34.8. The maximum absolute atomic E-state index is 12.6. The molecule has 19 heteroatoms. The molecular weight excluding hydrogens is 1090 g/mol. The molecule has 86 heavy (non-hydrogen) atoms. The lowest BCUT2D eigenvalue weighted by atomic mass is 9.88. The summed E-state index contributed by atoms with van der Waals surface area (Å²) in [6, 6.07) is 32.3. The highest BCUT2D eigenvalue weighted by atomic mass is 16.6. The molecule has 4 amide bonds. The van der Waals surface area contributed by atoms with Crippen LogP contribution in [0.15, 0.2) is 109 Å². The standard InChI is InChI=1S/C18H27NO2.C13H23NO4.C13H19N.C8H7N3O4.C8H15NO2.C7H8/c1-5-14-11-12-16(15-9-7-6-8-10-15)19(13-14)17(20)21-18(2,3)4;1-5-9-6-7-10(11(15)16)14(8-9)12(17)18-13(2,3)4;1-2-11-8-9-13(14-10-11)12-6-4-3-5-7-12;9-6(12)4-1-5(3-10-2-4)11-7(13)8(14)15;1-2-6-3-4-7(8(10)11)9-5-6;1-7-5-3-2-4-6-7/h6-10,14,16H,5,11-13H2,1-4H3;9-10H,5-8H2,1-4H3,(H,15,16);3-7,11,13-14H,2,8-10H2,1H3;1-3H,(H2,9,12)(H,11,13)(H,14,15);6-7,9H,2-5H2,1H3,(H,10,11);2-6H,1H3. The average molecular weight is 1190 g/mol. The van der Waals surface area contributed by atoms with Crippen LogP contribution in [0.4, 0.5) is 15.3 Å². The van der Waals surface area contributed by atoms with Crippen molar-refractivity contribution in [1.82, 2.24) is 25.4 Å². The summed E-state index contributed by atoms with van der Waals surface area (Å²) >= 11 is 0. The number of hydrogen-bond acceptors (Lipinski definition) is 12. The highest BCUT2D eigenvalue weighted by molar-refractivity contribution is 6.36. The molecule has 8 atom stereocenters. The summed E-state index contributed by atoms with van der Waals surface area (Å²) in [4.78, 5) is 84.8. The maximum atomic E-state index is 12.6. The van der Waals surface area contributed by atoms with Crippen LogP contribution in [0.3, 0.4) is 0 Å². The van der Waals surface area contributed by atoms with Gasteiger partial charge in [-0.1, -0.05) is 150 Å². The van der Waals surface area contributed by atoms with Crippen molar-refractivity contribution in [3.63, 3.8) is 0 Å². The SMILES string of the molecule is CCC1CCC(C(=O)O)N(C(=O)OC(C)(C)C)C1.CCC1CCC(C(=O)O)NC1.CCC1CCC(c2ccccc2)N(C(=O)OC(C)(C)C)C1.CCC1CCC(c2ccccc2)NC1.Cc1ccccc1.NC(=O)c1cncc(NC(=O)C(=O)O)c1. The molecular formula is C67H99N7O12.